The lowest BCUT2D eigenvalue weighted by atomic mass is 10.1. The highest BCUT2D eigenvalue weighted by Gasteiger charge is 1.97. The highest BCUT2D eigenvalue weighted by molar-refractivity contribution is 5.80. The molecule has 92 valence electrons. The molecule has 0 aliphatic rings. The summed E-state index contributed by atoms with van der Waals surface area (Å²) < 4.78 is 0. The summed E-state index contributed by atoms with van der Waals surface area (Å²) in [5.74, 6) is 0.518. The molecule has 0 saturated carbocycles. The number of hydrogen-bond acceptors (Lipinski definition) is 1. The van der Waals surface area contributed by atoms with Gasteiger partial charge < -0.3 is 0 Å². The first-order valence-electron chi connectivity index (χ1n) is 6.35. The highest BCUT2D eigenvalue weighted by Crippen LogP contribution is 2.15. The van der Waals surface area contributed by atoms with Gasteiger partial charge in [-0.1, -0.05) is 37.3 Å². The molecule has 2 aromatic rings. The van der Waals surface area contributed by atoms with E-state index in [1.807, 2.05) is 6.08 Å². The summed E-state index contributed by atoms with van der Waals surface area (Å²) in [5, 5.41) is 1.19. The predicted octanol–water partition coefficient (Wildman–Crippen LogP) is 4.77. The summed E-state index contributed by atoms with van der Waals surface area (Å²) in [6.07, 6.45) is 7.23. The molecule has 1 heteroatoms. The number of allylic oxidation sites excluding steroid dienone is 2. The van der Waals surface area contributed by atoms with E-state index in [1.54, 1.807) is 0 Å². The van der Waals surface area contributed by atoms with Crippen LogP contribution in [0, 0.1) is 12.8 Å². The average molecular weight is 237 g/mol. The van der Waals surface area contributed by atoms with Gasteiger partial charge in [0.15, 0.2) is 0 Å². The number of rotatable bonds is 4. The van der Waals surface area contributed by atoms with Gasteiger partial charge in [0, 0.05) is 5.39 Å². The lowest BCUT2D eigenvalue weighted by Gasteiger charge is -2.01. The molecule has 0 aliphatic carbocycles. The van der Waals surface area contributed by atoms with Crippen molar-refractivity contribution in [3.8, 4) is 0 Å². The summed E-state index contributed by atoms with van der Waals surface area (Å²) in [4.78, 5) is 4.65. The van der Waals surface area contributed by atoms with Gasteiger partial charge in [0.05, 0.1) is 11.2 Å². The van der Waals surface area contributed by atoms with E-state index in [2.05, 4.69) is 67.9 Å². The first-order chi connectivity index (χ1) is 8.69. The molecule has 1 aromatic heterocycles. The molecule has 1 heterocycles. The molecule has 0 radical (unpaired) electrons. The van der Waals surface area contributed by atoms with Crippen molar-refractivity contribution in [3.63, 3.8) is 0 Å². The van der Waals surface area contributed by atoms with Crippen molar-refractivity contribution in [1.82, 2.24) is 4.98 Å². The maximum absolute atomic E-state index is 4.65. The van der Waals surface area contributed by atoms with Gasteiger partial charge in [0.2, 0.25) is 0 Å². The number of aromatic nitrogens is 1. The largest absolute Gasteiger partial charge is 0.248 e. The zero-order chi connectivity index (χ0) is 13.0. The van der Waals surface area contributed by atoms with Crippen LogP contribution >= 0.6 is 0 Å². The van der Waals surface area contributed by atoms with Gasteiger partial charge in [-0.05, 0) is 43.0 Å². The van der Waals surface area contributed by atoms with Crippen molar-refractivity contribution >= 4 is 17.0 Å². The molecule has 1 aromatic carbocycles. The molecule has 0 aliphatic heterocycles. The highest BCUT2D eigenvalue weighted by atomic mass is 14.7. The molecule has 18 heavy (non-hydrogen) atoms. The summed E-state index contributed by atoms with van der Waals surface area (Å²) in [7, 11) is 0. The number of pyridine rings is 1. The Morgan fingerprint density at radius 2 is 2.06 bits per heavy atom. The second kappa shape index (κ2) is 5.63. The van der Waals surface area contributed by atoms with Crippen LogP contribution in [0.2, 0.25) is 0 Å². The normalized spacial score (nSPS) is 13.0. The molecular weight excluding hydrogens is 218 g/mol. The van der Waals surface area contributed by atoms with Gasteiger partial charge in [0.1, 0.15) is 0 Å². The van der Waals surface area contributed by atoms with Crippen LogP contribution in [-0.4, -0.2) is 4.98 Å². The molecule has 0 N–H and O–H groups in total. The Kier molecular flexibility index (Phi) is 3.93. The van der Waals surface area contributed by atoms with Crippen molar-refractivity contribution < 1.29 is 0 Å². The van der Waals surface area contributed by atoms with Gasteiger partial charge in [0.25, 0.3) is 0 Å². The lowest BCUT2D eigenvalue weighted by Crippen LogP contribution is -1.86. The number of hydrogen-bond donors (Lipinski definition) is 0. The molecule has 1 atom stereocenters. The Labute approximate surface area is 109 Å². The summed E-state index contributed by atoms with van der Waals surface area (Å²) >= 11 is 0. The van der Waals surface area contributed by atoms with Crippen LogP contribution in [0.5, 0.6) is 0 Å². The minimum absolute atomic E-state index is 0.518. The van der Waals surface area contributed by atoms with E-state index in [-0.39, 0.29) is 0 Å². The first kappa shape index (κ1) is 12.6. The second-order valence-electron chi connectivity index (χ2n) is 4.78. The van der Waals surface area contributed by atoms with E-state index >= 15 is 0 Å². The summed E-state index contributed by atoms with van der Waals surface area (Å²) in [6, 6.07) is 10.5. The van der Waals surface area contributed by atoms with Gasteiger partial charge in [-0.15, -0.1) is 6.58 Å². The minimum Gasteiger partial charge on any atom is -0.248 e. The Morgan fingerprint density at radius 1 is 1.28 bits per heavy atom. The third-order valence-electron chi connectivity index (χ3n) is 3.07. The maximum atomic E-state index is 4.65. The van der Waals surface area contributed by atoms with E-state index in [0.29, 0.717) is 5.92 Å². The maximum Gasteiger partial charge on any atom is 0.0711 e. The van der Waals surface area contributed by atoms with Crippen LogP contribution in [0.15, 0.2) is 49.1 Å². The van der Waals surface area contributed by atoms with Gasteiger partial charge >= 0.3 is 0 Å². The molecule has 0 fully saturated rings. The molecule has 0 saturated heterocycles. The average Bonchev–Trinajstić information content (AvgIpc) is 2.38. The van der Waals surface area contributed by atoms with E-state index in [0.717, 1.165) is 17.6 Å². The van der Waals surface area contributed by atoms with Crippen LogP contribution in [0.4, 0.5) is 0 Å². The summed E-state index contributed by atoms with van der Waals surface area (Å²) in [5.41, 5.74) is 3.33. The minimum atomic E-state index is 0.518. The van der Waals surface area contributed by atoms with Gasteiger partial charge in [-0.3, -0.25) is 0 Å². The van der Waals surface area contributed by atoms with Crippen LogP contribution in [0.25, 0.3) is 17.0 Å². The topological polar surface area (TPSA) is 12.9 Å². The van der Waals surface area contributed by atoms with Crippen LogP contribution in [0.3, 0.4) is 0 Å². The van der Waals surface area contributed by atoms with E-state index in [1.165, 1.54) is 10.9 Å². The summed E-state index contributed by atoms with van der Waals surface area (Å²) in [6.45, 7) is 8.04. The van der Waals surface area contributed by atoms with Crippen molar-refractivity contribution in [1.29, 1.82) is 0 Å². The predicted molar refractivity (Wildman–Crippen MR) is 79.5 cm³/mol. The quantitative estimate of drug-likeness (QED) is 0.698. The fourth-order valence-corrected chi connectivity index (χ4v) is 1.84. The third-order valence-corrected chi connectivity index (χ3v) is 3.07. The fourth-order valence-electron chi connectivity index (χ4n) is 1.84. The van der Waals surface area contributed by atoms with Crippen LogP contribution in [-0.2, 0) is 0 Å². The Morgan fingerprint density at radius 3 is 2.83 bits per heavy atom. The number of benzene rings is 1. The fraction of sp³-hybridized carbons (Fsp3) is 0.235. The standard InChI is InChI=1S/C17H19N/c1-4-13(2)6-5-7-16-11-10-15-9-8-14(3)12-17(15)18-16/h4-5,7-13H,1,6H2,2-3H3/b7-5+. The Balaban J connectivity index is 2.21. The molecule has 0 amide bonds. The zero-order valence-electron chi connectivity index (χ0n) is 11.1. The molecule has 1 nitrogen and oxygen atoms in total. The molecule has 0 bridgehead atoms. The molecule has 0 spiro atoms. The third kappa shape index (κ3) is 3.07. The lowest BCUT2D eigenvalue weighted by molar-refractivity contribution is 0.748. The van der Waals surface area contributed by atoms with E-state index in [4.69, 9.17) is 0 Å². The van der Waals surface area contributed by atoms with E-state index < -0.39 is 0 Å². The first-order valence-corrected chi connectivity index (χ1v) is 6.35. The van der Waals surface area contributed by atoms with Crippen molar-refractivity contribution in [2.75, 3.05) is 0 Å². The van der Waals surface area contributed by atoms with Crippen molar-refractivity contribution in [2.45, 2.75) is 20.3 Å². The SMILES string of the molecule is C=CC(C)C/C=C/c1ccc2ccc(C)cc2n1. The Bertz CT molecular complexity index is 581. The van der Waals surface area contributed by atoms with Gasteiger partial charge in [-0.25, -0.2) is 4.98 Å². The molecular formula is C17H19N. The molecule has 1 unspecified atom stereocenters. The molecule has 2 rings (SSSR count). The van der Waals surface area contributed by atoms with E-state index in [9.17, 15) is 0 Å². The van der Waals surface area contributed by atoms with Crippen LogP contribution in [0.1, 0.15) is 24.6 Å². The smallest absolute Gasteiger partial charge is 0.0711 e. The zero-order valence-corrected chi connectivity index (χ0v) is 11.1. The van der Waals surface area contributed by atoms with Crippen molar-refractivity contribution in [3.05, 3.63) is 60.3 Å². The number of fused-ring (bicyclic) bond motifs is 1. The number of nitrogens with zero attached hydrogens (tertiary/aromatic N) is 1. The van der Waals surface area contributed by atoms with Crippen LogP contribution < -0.4 is 0 Å². The number of aryl methyl sites for hydroxylation is 1. The second-order valence-corrected chi connectivity index (χ2v) is 4.78. The Hall–Kier alpha value is -1.89. The van der Waals surface area contributed by atoms with Gasteiger partial charge in [-0.2, -0.15) is 0 Å². The van der Waals surface area contributed by atoms with Crippen molar-refractivity contribution in [2.24, 2.45) is 5.92 Å². The monoisotopic (exact) mass is 237 g/mol.